The van der Waals surface area contributed by atoms with Crippen LogP contribution < -0.4 is 10.1 Å². The maximum absolute atomic E-state index is 13.7. The molecule has 0 spiro atoms. The minimum absolute atomic E-state index is 0.165. The monoisotopic (exact) mass is 386 g/mol. The first kappa shape index (κ1) is 18.9. The molecule has 6 nitrogen and oxygen atoms in total. The first-order valence-electron chi connectivity index (χ1n) is 8.37. The van der Waals surface area contributed by atoms with Crippen LogP contribution in [0.5, 0.6) is 5.75 Å². The predicted molar refractivity (Wildman–Crippen MR) is 102 cm³/mol. The average Bonchev–Trinajstić information content (AvgIpc) is 3.09. The van der Waals surface area contributed by atoms with E-state index in [4.69, 9.17) is 4.74 Å². The molecule has 0 saturated heterocycles. The molecule has 0 aliphatic carbocycles. The predicted octanol–water partition coefficient (Wildman–Crippen LogP) is 3.46. The second-order valence-corrected chi connectivity index (χ2v) is 6.79. The summed E-state index contributed by atoms with van der Waals surface area (Å²) in [5.74, 6) is 1.42. The van der Waals surface area contributed by atoms with E-state index in [1.54, 1.807) is 48.1 Å². The van der Waals surface area contributed by atoms with Gasteiger partial charge in [-0.05, 0) is 48.2 Å². The summed E-state index contributed by atoms with van der Waals surface area (Å²) in [7, 11) is 1.57. The molecule has 27 heavy (non-hydrogen) atoms. The van der Waals surface area contributed by atoms with Crippen molar-refractivity contribution in [2.45, 2.75) is 18.6 Å². The molecule has 1 N–H and O–H groups in total. The molecule has 0 bridgehead atoms. The third kappa shape index (κ3) is 4.46. The van der Waals surface area contributed by atoms with Gasteiger partial charge in [-0.15, -0.1) is 10.2 Å². The van der Waals surface area contributed by atoms with Gasteiger partial charge in [0.15, 0.2) is 11.0 Å². The van der Waals surface area contributed by atoms with Crippen LogP contribution in [0.4, 0.5) is 4.39 Å². The lowest BCUT2D eigenvalue weighted by Gasteiger charge is -2.11. The molecular formula is C19H19FN4O2S. The standard InChI is InChI=1S/C19H19FN4O2S/c1-3-27-19-23-22-17(24(19)15-6-4-5-14(20)11-15)12-21-18(25)13-7-9-16(26-2)10-8-13/h4-11H,3,12H2,1-2H3,(H,21,25). The molecule has 0 radical (unpaired) electrons. The number of amides is 1. The Hall–Kier alpha value is -2.87. The molecule has 8 heteroatoms. The zero-order chi connectivity index (χ0) is 19.2. The normalized spacial score (nSPS) is 10.6. The molecule has 0 atom stereocenters. The van der Waals surface area contributed by atoms with Crippen molar-refractivity contribution in [3.63, 3.8) is 0 Å². The molecule has 1 amide bonds. The number of carbonyl (C=O) groups is 1. The first-order chi connectivity index (χ1) is 13.1. The van der Waals surface area contributed by atoms with Crippen molar-refractivity contribution < 1.29 is 13.9 Å². The van der Waals surface area contributed by atoms with E-state index in [2.05, 4.69) is 15.5 Å². The van der Waals surface area contributed by atoms with Crippen molar-refractivity contribution in [2.75, 3.05) is 12.9 Å². The number of rotatable bonds is 7. The summed E-state index contributed by atoms with van der Waals surface area (Å²) in [4.78, 5) is 12.4. The zero-order valence-electron chi connectivity index (χ0n) is 15.0. The molecule has 0 unspecified atom stereocenters. The second kappa shape index (κ2) is 8.68. The maximum Gasteiger partial charge on any atom is 0.251 e. The van der Waals surface area contributed by atoms with Crippen LogP contribution in [0, 0.1) is 5.82 Å². The fraction of sp³-hybridized carbons (Fsp3) is 0.211. The minimum atomic E-state index is -0.345. The van der Waals surface area contributed by atoms with Crippen LogP contribution in [-0.2, 0) is 6.54 Å². The van der Waals surface area contributed by atoms with Gasteiger partial charge in [-0.25, -0.2) is 4.39 Å². The highest BCUT2D eigenvalue weighted by Crippen LogP contribution is 2.22. The molecule has 3 rings (SSSR count). The maximum atomic E-state index is 13.7. The van der Waals surface area contributed by atoms with Gasteiger partial charge in [0.25, 0.3) is 5.91 Å². The van der Waals surface area contributed by atoms with Gasteiger partial charge in [0, 0.05) is 5.56 Å². The lowest BCUT2D eigenvalue weighted by molar-refractivity contribution is 0.0949. The molecule has 0 fully saturated rings. The number of benzene rings is 2. The van der Waals surface area contributed by atoms with E-state index in [9.17, 15) is 9.18 Å². The van der Waals surface area contributed by atoms with Crippen LogP contribution in [0.3, 0.4) is 0 Å². The minimum Gasteiger partial charge on any atom is -0.497 e. The van der Waals surface area contributed by atoms with Crippen molar-refractivity contribution in [2.24, 2.45) is 0 Å². The molecule has 1 heterocycles. The fourth-order valence-electron chi connectivity index (χ4n) is 2.52. The van der Waals surface area contributed by atoms with Crippen LogP contribution in [0.15, 0.2) is 53.7 Å². The Bertz CT molecular complexity index is 928. The van der Waals surface area contributed by atoms with Gasteiger partial charge in [-0.1, -0.05) is 24.8 Å². The number of nitrogens with one attached hydrogen (secondary N) is 1. The van der Waals surface area contributed by atoms with E-state index in [1.807, 2.05) is 6.92 Å². The number of aromatic nitrogens is 3. The van der Waals surface area contributed by atoms with E-state index >= 15 is 0 Å². The molecule has 140 valence electrons. The Morgan fingerprint density at radius 1 is 1.22 bits per heavy atom. The largest absolute Gasteiger partial charge is 0.497 e. The number of ether oxygens (including phenoxy) is 1. The Labute approximate surface area is 160 Å². The van der Waals surface area contributed by atoms with Crippen LogP contribution in [-0.4, -0.2) is 33.5 Å². The summed E-state index contributed by atoms with van der Waals surface area (Å²) in [6.07, 6.45) is 0. The summed E-state index contributed by atoms with van der Waals surface area (Å²) < 4.78 is 20.5. The molecular weight excluding hydrogens is 367 g/mol. The highest BCUT2D eigenvalue weighted by molar-refractivity contribution is 7.99. The van der Waals surface area contributed by atoms with Crippen LogP contribution in [0.2, 0.25) is 0 Å². The highest BCUT2D eigenvalue weighted by Gasteiger charge is 2.16. The van der Waals surface area contributed by atoms with E-state index < -0.39 is 0 Å². The van der Waals surface area contributed by atoms with Gasteiger partial charge in [-0.2, -0.15) is 0 Å². The van der Waals surface area contributed by atoms with Crippen LogP contribution in [0.25, 0.3) is 5.69 Å². The van der Waals surface area contributed by atoms with E-state index in [0.717, 1.165) is 5.75 Å². The number of thioether (sulfide) groups is 1. The van der Waals surface area contributed by atoms with E-state index in [-0.39, 0.29) is 18.3 Å². The molecule has 1 aromatic heterocycles. The van der Waals surface area contributed by atoms with Gasteiger partial charge in [0.05, 0.1) is 19.3 Å². The van der Waals surface area contributed by atoms with Crippen LogP contribution in [0.1, 0.15) is 23.1 Å². The Kier molecular flexibility index (Phi) is 6.08. The van der Waals surface area contributed by atoms with E-state index in [1.165, 1.54) is 23.9 Å². The molecule has 0 aliphatic rings. The zero-order valence-corrected chi connectivity index (χ0v) is 15.8. The fourth-order valence-corrected chi connectivity index (χ4v) is 3.21. The van der Waals surface area contributed by atoms with Crippen molar-refractivity contribution in [3.8, 4) is 11.4 Å². The first-order valence-corrected chi connectivity index (χ1v) is 9.36. The Morgan fingerprint density at radius 2 is 2.00 bits per heavy atom. The third-order valence-corrected chi connectivity index (χ3v) is 4.61. The SMILES string of the molecule is CCSc1nnc(CNC(=O)c2ccc(OC)cc2)n1-c1cccc(F)c1. The number of hydrogen-bond donors (Lipinski definition) is 1. The summed E-state index contributed by atoms with van der Waals surface area (Å²) in [6, 6.07) is 13.0. The quantitative estimate of drug-likeness (QED) is 0.630. The van der Waals surface area contributed by atoms with Crippen molar-refractivity contribution in [1.82, 2.24) is 20.1 Å². The average molecular weight is 386 g/mol. The van der Waals surface area contributed by atoms with Crippen molar-refractivity contribution >= 4 is 17.7 Å². The number of hydrogen-bond acceptors (Lipinski definition) is 5. The lowest BCUT2D eigenvalue weighted by atomic mass is 10.2. The summed E-state index contributed by atoms with van der Waals surface area (Å²) in [5, 5.41) is 11.8. The Morgan fingerprint density at radius 3 is 2.67 bits per heavy atom. The van der Waals surface area contributed by atoms with Crippen molar-refractivity contribution in [3.05, 3.63) is 65.7 Å². The Balaban J connectivity index is 1.81. The van der Waals surface area contributed by atoms with Crippen molar-refractivity contribution in [1.29, 1.82) is 0 Å². The topological polar surface area (TPSA) is 69.0 Å². The van der Waals surface area contributed by atoms with Gasteiger partial charge in [0.1, 0.15) is 11.6 Å². The number of halogens is 1. The highest BCUT2D eigenvalue weighted by atomic mass is 32.2. The second-order valence-electron chi connectivity index (χ2n) is 5.56. The molecule has 2 aromatic carbocycles. The van der Waals surface area contributed by atoms with Gasteiger partial charge in [-0.3, -0.25) is 9.36 Å². The van der Waals surface area contributed by atoms with E-state index in [0.29, 0.717) is 28.0 Å². The lowest BCUT2D eigenvalue weighted by Crippen LogP contribution is -2.24. The molecule has 0 saturated carbocycles. The molecule has 0 aliphatic heterocycles. The number of nitrogens with zero attached hydrogens (tertiary/aromatic N) is 3. The van der Waals surface area contributed by atoms with Gasteiger partial charge < -0.3 is 10.1 Å². The summed E-state index contributed by atoms with van der Waals surface area (Å²) in [5.41, 5.74) is 1.13. The van der Waals surface area contributed by atoms with Gasteiger partial charge in [0.2, 0.25) is 0 Å². The number of methoxy groups -OCH3 is 1. The summed E-state index contributed by atoms with van der Waals surface area (Å²) >= 11 is 1.50. The summed E-state index contributed by atoms with van der Waals surface area (Å²) in [6.45, 7) is 2.17. The number of carbonyl (C=O) groups excluding carboxylic acids is 1. The smallest absolute Gasteiger partial charge is 0.251 e. The molecule has 3 aromatic rings. The third-order valence-electron chi connectivity index (χ3n) is 3.80. The van der Waals surface area contributed by atoms with Gasteiger partial charge >= 0.3 is 0 Å². The van der Waals surface area contributed by atoms with Crippen LogP contribution >= 0.6 is 11.8 Å².